The van der Waals surface area contributed by atoms with E-state index in [-0.39, 0.29) is 12.5 Å². The molecule has 17 heavy (non-hydrogen) atoms. The predicted molar refractivity (Wildman–Crippen MR) is 60.6 cm³/mol. The second kappa shape index (κ2) is 6.59. The summed E-state index contributed by atoms with van der Waals surface area (Å²) in [6, 6.07) is 3.65. The van der Waals surface area contributed by atoms with Crippen LogP contribution in [0.25, 0.3) is 0 Å². The van der Waals surface area contributed by atoms with Crippen molar-refractivity contribution in [2.45, 2.75) is 38.4 Å². The first-order valence-electron chi connectivity index (χ1n) is 5.73. The minimum absolute atomic E-state index is 0.0228. The number of halogens is 3. The number of pyridine rings is 1. The maximum absolute atomic E-state index is 12.1. The number of hydrogen-bond acceptors (Lipinski definition) is 2. The summed E-state index contributed by atoms with van der Waals surface area (Å²) in [5, 5.41) is 3.19. The van der Waals surface area contributed by atoms with Gasteiger partial charge < -0.3 is 5.32 Å². The van der Waals surface area contributed by atoms with Crippen molar-refractivity contribution >= 4 is 0 Å². The lowest BCUT2D eigenvalue weighted by molar-refractivity contribution is -0.135. The van der Waals surface area contributed by atoms with E-state index in [0.29, 0.717) is 6.42 Å². The van der Waals surface area contributed by atoms with Gasteiger partial charge >= 0.3 is 6.18 Å². The Morgan fingerprint density at radius 3 is 2.47 bits per heavy atom. The van der Waals surface area contributed by atoms with Gasteiger partial charge in [-0.15, -0.1) is 0 Å². The number of hydrogen-bond donors (Lipinski definition) is 1. The number of aromatic nitrogens is 1. The van der Waals surface area contributed by atoms with Crippen LogP contribution in [0.2, 0.25) is 0 Å². The van der Waals surface area contributed by atoms with Crippen LogP contribution in [0.5, 0.6) is 0 Å². The molecular formula is C12H17F3N2. The van der Waals surface area contributed by atoms with E-state index in [1.807, 2.05) is 19.1 Å². The van der Waals surface area contributed by atoms with Crippen LogP contribution in [0.4, 0.5) is 13.2 Å². The molecule has 0 spiro atoms. The molecular weight excluding hydrogens is 229 g/mol. The lowest BCUT2D eigenvalue weighted by Crippen LogP contribution is -2.21. The minimum Gasteiger partial charge on any atom is -0.310 e. The van der Waals surface area contributed by atoms with Crippen LogP contribution in [0.3, 0.4) is 0 Å². The molecule has 1 unspecified atom stereocenters. The summed E-state index contributed by atoms with van der Waals surface area (Å²) in [6.07, 6.45) is -0.845. The van der Waals surface area contributed by atoms with Gasteiger partial charge in [0.25, 0.3) is 0 Å². The molecule has 0 amide bonds. The Balaban J connectivity index is 2.50. The second-order valence-corrected chi connectivity index (χ2v) is 3.90. The van der Waals surface area contributed by atoms with Gasteiger partial charge in [-0.2, -0.15) is 13.2 Å². The molecule has 0 saturated carbocycles. The van der Waals surface area contributed by atoms with Crippen LogP contribution in [0.1, 0.15) is 37.8 Å². The predicted octanol–water partition coefficient (Wildman–Crippen LogP) is 3.46. The topological polar surface area (TPSA) is 24.9 Å². The van der Waals surface area contributed by atoms with E-state index in [2.05, 4.69) is 10.3 Å². The zero-order chi connectivity index (χ0) is 12.7. The SMILES string of the molecule is CCNC(CCCC(F)(F)F)c1ccncc1. The number of nitrogens with zero attached hydrogens (tertiary/aromatic N) is 1. The standard InChI is InChI=1S/C12H17F3N2/c1-2-17-11(4-3-7-12(13,14)15)10-5-8-16-9-6-10/h5-6,8-9,11,17H,2-4,7H2,1H3. The lowest BCUT2D eigenvalue weighted by Gasteiger charge is -2.18. The molecule has 2 nitrogen and oxygen atoms in total. The highest BCUT2D eigenvalue weighted by molar-refractivity contribution is 5.14. The molecule has 0 aliphatic rings. The molecule has 1 aromatic heterocycles. The smallest absolute Gasteiger partial charge is 0.310 e. The van der Waals surface area contributed by atoms with Gasteiger partial charge in [0.05, 0.1) is 0 Å². The zero-order valence-electron chi connectivity index (χ0n) is 9.80. The highest BCUT2D eigenvalue weighted by Crippen LogP contribution is 2.26. The monoisotopic (exact) mass is 246 g/mol. The van der Waals surface area contributed by atoms with Gasteiger partial charge in [0.1, 0.15) is 0 Å². The molecule has 0 aliphatic carbocycles. The van der Waals surface area contributed by atoms with Gasteiger partial charge in [0.15, 0.2) is 0 Å². The molecule has 0 aliphatic heterocycles. The Morgan fingerprint density at radius 2 is 1.94 bits per heavy atom. The van der Waals surface area contributed by atoms with Gasteiger partial charge in [0.2, 0.25) is 0 Å². The van der Waals surface area contributed by atoms with Crippen molar-refractivity contribution in [3.05, 3.63) is 30.1 Å². The average Bonchev–Trinajstić information content (AvgIpc) is 2.27. The third kappa shape index (κ3) is 5.68. The zero-order valence-corrected chi connectivity index (χ0v) is 9.80. The quantitative estimate of drug-likeness (QED) is 0.831. The molecule has 0 bridgehead atoms. The van der Waals surface area contributed by atoms with Crippen molar-refractivity contribution in [1.82, 2.24) is 10.3 Å². The van der Waals surface area contributed by atoms with E-state index in [9.17, 15) is 13.2 Å². The van der Waals surface area contributed by atoms with Crippen molar-refractivity contribution < 1.29 is 13.2 Å². The summed E-state index contributed by atoms with van der Waals surface area (Å²) in [7, 11) is 0. The van der Waals surface area contributed by atoms with Crippen LogP contribution in [0, 0.1) is 0 Å². The Hall–Kier alpha value is -1.10. The van der Waals surface area contributed by atoms with E-state index in [1.54, 1.807) is 12.4 Å². The van der Waals surface area contributed by atoms with E-state index in [0.717, 1.165) is 12.1 Å². The summed E-state index contributed by atoms with van der Waals surface area (Å²) >= 11 is 0. The molecule has 0 saturated heterocycles. The number of rotatable bonds is 6. The van der Waals surface area contributed by atoms with Crippen LogP contribution < -0.4 is 5.32 Å². The lowest BCUT2D eigenvalue weighted by atomic mass is 10.0. The van der Waals surface area contributed by atoms with Crippen LogP contribution in [-0.4, -0.2) is 17.7 Å². The van der Waals surface area contributed by atoms with Gasteiger partial charge in [-0.05, 0) is 37.1 Å². The Labute approximate surface area is 99.3 Å². The maximum Gasteiger partial charge on any atom is 0.389 e. The Kier molecular flexibility index (Phi) is 5.41. The van der Waals surface area contributed by atoms with Crippen molar-refractivity contribution in [2.24, 2.45) is 0 Å². The molecule has 96 valence electrons. The normalized spacial score (nSPS) is 13.6. The van der Waals surface area contributed by atoms with E-state index in [1.165, 1.54) is 0 Å². The number of alkyl halides is 3. The molecule has 1 N–H and O–H groups in total. The highest BCUT2D eigenvalue weighted by Gasteiger charge is 2.26. The first-order valence-corrected chi connectivity index (χ1v) is 5.73. The van der Waals surface area contributed by atoms with Crippen molar-refractivity contribution in [3.8, 4) is 0 Å². The van der Waals surface area contributed by atoms with Gasteiger partial charge in [-0.25, -0.2) is 0 Å². The van der Waals surface area contributed by atoms with E-state index in [4.69, 9.17) is 0 Å². The fourth-order valence-electron chi connectivity index (χ4n) is 1.74. The second-order valence-electron chi connectivity index (χ2n) is 3.90. The third-order valence-electron chi connectivity index (χ3n) is 2.51. The molecule has 0 radical (unpaired) electrons. The molecule has 0 aromatic carbocycles. The Morgan fingerprint density at radius 1 is 1.29 bits per heavy atom. The minimum atomic E-state index is -4.06. The molecule has 1 aromatic rings. The molecule has 0 fully saturated rings. The first-order chi connectivity index (χ1) is 8.03. The van der Waals surface area contributed by atoms with Crippen LogP contribution in [-0.2, 0) is 0 Å². The van der Waals surface area contributed by atoms with Crippen LogP contribution in [0.15, 0.2) is 24.5 Å². The summed E-state index contributed by atoms with van der Waals surface area (Å²) < 4.78 is 36.2. The van der Waals surface area contributed by atoms with Crippen molar-refractivity contribution in [2.75, 3.05) is 6.54 Å². The largest absolute Gasteiger partial charge is 0.389 e. The molecule has 1 atom stereocenters. The van der Waals surface area contributed by atoms with E-state index < -0.39 is 12.6 Å². The Bertz CT molecular complexity index is 311. The summed E-state index contributed by atoms with van der Waals surface area (Å²) in [6.45, 7) is 2.68. The van der Waals surface area contributed by atoms with E-state index >= 15 is 0 Å². The van der Waals surface area contributed by atoms with Gasteiger partial charge in [-0.1, -0.05) is 6.92 Å². The average molecular weight is 246 g/mol. The summed E-state index contributed by atoms with van der Waals surface area (Å²) in [4.78, 5) is 3.90. The summed E-state index contributed by atoms with van der Waals surface area (Å²) in [5.41, 5.74) is 0.990. The molecule has 1 rings (SSSR count). The maximum atomic E-state index is 12.1. The fourth-order valence-corrected chi connectivity index (χ4v) is 1.74. The highest BCUT2D eigenvalue weighted by atomic mass is 19.4. The first kappa shape index (κ1) is 14.0. The van der Waals surface area contributed by atoms with Gasteiger partial charge in [0, 0.05) is 24.9 Å². The third-order valence-corrected chi connectivity index (χ3v) is 2.51. The van der Waals surface area contributed by atoms with Gasteiger partial charge in [-0.3, -0.25) is 4.98 Å². The number of nitrogens with one attached hydrogen (secondary N) is 1. The summed E-state index contributed by atoms with van der Waals surface area (Å²) in [5.74, 6) is 0. The fraction of sp³-hybridized carbons (Fsp3) is 0.583. The molecule has 5 heteroatoms. The van der Waals surface area contributed by atoms with Crippen molar-refractivity contribution in [3.63, 3.8) is 0 Å². The molecule has 1 heterocycles. The van der Waals surface area contributed by atoms with Crippen LogP contribution >= 0.6 is 0 Å². The van der Waals surface area contributed by atoms with Crippen molar-refractivity contribution in [1.29, 1.82) is 0 Å².